The lowest BCUT2D eigenvalue weighted by molar-refractivity contribution is 1.14. The molecule has 0 saturated carbocycles. The molecule has 0 aromatic carbocycles. The van der Waals surface area contributed by atoms with Crippen molar-refractivity contribution in [1.29, 1.82) is 5.41 Å². The molecule has 0 heterocycles. The molecule has 0 atom stereocenters. The zero-order valence-electron chi connectivity index (χ0n) is 4.94. The van der Waals surface area contributed by atoms with E-state index in [0.29, 0.717) is 5.57 Å². The van der Waals surface area contributed by atoms with Gasteiger partial charge < -0.3 is 11.5 Å². The Morgan fingerprint density at radius 2 is 2.25 bits per heavy atom. The minimum atomic E-state index is 0.0648. The van der Waals surface area contributed by atoms with Crippen molar-refractivity contribution in [1.82, 2.24) is 0 Å². The van der Waals surface area contributed by atoms with E-state index in [1.54, 1.807) is 0 Å². The van der Waals surface area contributed by atoms with E-state index in [9.17, 15) is 0 Å². The molecule has 46 valence electrons. The number of rotatable bonds is 2. The van der Waals surface area contributed by atoms with Gasteiger partial charge >= 0.3 is 0 Å². The largest absolute Gasteiger partial charge is 0.404 e. The second-order valence-corrected chi connectivity index (χ2v) is 1.46. The standard InChI is InChI=1S/C5H11N3/c1-2-4(3-6)5(7)8/h3H,2,6H2,1H3,(H3,7,8)/b4-3+. The lowest BCUT2D eigenvalue weighted by atomic mass is 10.2. The zero-order valence-corrected chi connectivity index (χ0v) is 4.94. The van der Waals surface area contributed by atoms with Gasteiger partial charge in [0.1, 0.15) is 5.84 Å². The van der Waals surface area contributed by atoms with Crippen molar-refractivity contribution in [2.45, 2.75) is 13.3 Å². The molecule has 0 aliphatic carbocycles. The van der Waals surface area contributed by atoms with Crippen LogP contribution in [-0.2, 0) is 0 Å². The van der Waals surface area contributed by atoms with Crippen LogP contribution >= 0.6 is 0 Å². The van der Waals surface area contributed by atoms with Gasteiger partial charge in [-0.2, -0.15) is 0 Å². The van der Waals surface area contributed by atoms with Crippen molar-refractivity contribution in [2.75, 3.05) is 0 Å². The minimum Gasteiger partial charge on any atom is -0.404 e. The molecule has 0 amide bonds. The number of hydrogen-bond donors (Lipinski definition) is 3. The summed E-state index contributed by atoms with van der Waals surface area (Å²) in [5, 5.41) is 6.88. The summed E-state index contributed by atoms with van der Waals surface area (Å²) in [6, 6.07) is 0. The summed E-state index contributed by atoms with van der Waals surface area (Å²) in [5.74, 6) is 0.0648. The average molecular weight is 113 g/mol. The van der Waals surface area contributed by atoms with Crippen molar-refractivity contribution in [3.8, 4) is 0 Å². The normalized spacial score (nSPS) is 11.4. The fraction of sp³-hybridized carbons (Fsp3) is 0.400. The first-order chi connectivity index (χ1) is 3.72. The Morgan fingerprint density at radius 3 is 2.25 bits per heavy atom. The summed E-state index contributed by atoms with van der Waals surface area (Å²) in [4.78, 5) is 0. The molecule has 0 fully saturated rings. The van der Waals surface area contributed by atoms with E-state index in [4.69, 9.17) is 16.9 Å². The molecule has 0 aliphatic rings. The molecule has 0 aromatic rings. The van der Waals surface area contributed by atoms with Gasteiger partial charge in [0.15, 0.2) is 0 Å². The first kappa shape index (κ1) is 7.01. The molecular formula is C5H11N3. The van der Waals surface area contributed by atoms with Gasteiger partial charge in [0, 0.05) is 11.8 Å². The van der Waals surface area contributed by atoms with Crippen molar-refractivity contribution in [3.63, 3.8) is 0 Å². The third kappa shape index (κ3) is 1.64. The van der Waals surface area contributed by atoms with Crippen molar-refractivity contribution >= 4 is 5.84 Å². The Balaban J connectivity index is 3.92. The Bertz CT molecular complexity index is 115. The van der Waals surface area contributed by atoms with E-state index < -0.39 is 0 Å². The van der Waals surface area contributed by atoms with E-state index in [1.165, 1.54) is 6.20 Å². The van der Waals surface area contributed by atoms with Gasteiger partial charge in [-0.1, -0.05) is 6.92 Å². The first-order valence-electron chi connectivity index (χ1n) is 2.47. The quantitative estimate of drug-likeness (QED) is 0.353. The molecule has 0 aliphatic heterocycles. The fourth-order valence-electron chi connectivity index (χ4n) is 0.398. The second kappa shape index (κ2) is 3.07. The van der Waals surface area contributed by atoms with Crippen LogP contribution in [0.1, 0.15) is 13.3 Å². The van der Waals surface area contributed by atoms with Crippen molar-refractivity contribution < 1.29 is 0 Å². The number of hydrogen-bond acceptors (Lipinski definition) is 2. The Kier molecular flexibility index (Phi) is 2.69. The molecule has 0 rings (SSSR count). The molecule has 0 spiro atoms. The van der Waals surface area contributed by atoms with Gasteiger partial charge in [0.25, 0.3) is 0 Å². The van der Waals surface area contributed by atoms with Gasteiger partial charge in [-0.05, 0) is 6.42 Å². The highest BCUT2D eigenvalue weighted by atomic mass is 14.7. The third-order valence-corrected chi connectivity index (χ3v) is 0.928. The molecule has 3 heteroatoms. The van der Waals surface area contributed by atoms with E-state index in [1.807, 2.05) is 6.92 Å². The first-order valence-corrected chi connectivity index (χ1v) is 2.47. The molecular weight excluding hydrogens is 102 g/mol. The maximum Gasteiger partial charge on any atom is 0.120 e. The topological polar surface area (TPSA) is 75.9 Å². The molecule has 0 saturated heterocycles. The number of nitrogens with two attached hydrogens (primary N) is 2. The highest BCUT2D eigenvalue weighted by Crippen LogP contribution is 1.94. The van der Waals surface area contributed by atoms with Crippen LogP contribution in [0.3, 0.4) is 0 Å². The summed E-state index contributed by atoms with van der Waals surface area (Å²) < 4.78 is 0. The minimum absolute atomic E-state index is 0.0648. The predicted molar refractivity (Wildman–Crippen MR) is 34.5 cm³/mol. The van der Waals surface area contributed by atoms with Crippen LogP contribution in [0.5, 0.6) is 0 Å². The predicted octanol–water partition coefficient (Wildman–Crippen LogP) is 0.175. The maximum atomic E-state index is 6.88. The van der Waals surface area contributed by atoms with Gasteiger partial charge in [0.05, 0.1) is 0 Å². The SMILES string of the molecule is CC/C(=C\N)C(=N)N. The molecule has 5 N–H and O–H groups in total. The average Bonchev–Trinajstić information content (AvgIpc) is 1.69. The number of nitrogens with one attached hydrogen (secondary N) is 1. The summed E-state index contributed by atoms with van der Waals surface area (Å²) >= 11 is 0. The fourth-order valence-corrected chi connectivity index (χ4v) is 0.398. The maximum absolute atomic E-state index is 6.88. The van der Waals surface area contributed by atoms with Crippen molar-refractivity contribution in [2.24, 2.45) is 11.5 Å². The van der Waals surface area contributed by atoms with Crippen LogP contribution in [0.2, 0.25) is 0 Å². The van der Waals surface area contributed by atoms with E-state index in [-0.39, 0.29) is 5.84 Å². The van der Waals surface area contributed by atoms with Crippen LogP contribution < -0.4 is 11.5 Å². The van der Waals surface area contributed by atoms with Gasteiger partial charge in [-0.25, -0.2) is 0 Å². The number of amidine groups is 1. The monoisotopic (exact) mass is 113 g/mol. The Hall–Kier alpha value is -0.990. The van der Waals surface area contributed by atoms with Crippen molar-refractivity contribution in [3.05, 3.63) is 11.8 Å². The highest BCUT2D eigenvalue weighted by Gasteiger charge is 1.92. The summed E-state index contributed by atoms with van der Waals surface area (Å²) in [7, 11) is 0. The Morgan fingerprint density at radius 1 is 1.75 bits per heavy atom. The molecule has 3 nitrogen and oxygen atoms in total. The molecule has 0 unspecified atom stereocenters. The van der Waals surface area contributed by atoms with Crippen LogP contribution in [0, 0.1) is 5.41 Å². The molecule has 0 bridgehead atoms. The molecule has 0 aromatic heterocycles. The van der Waals surface area contributed by atoms with Gasteiger partial charge in [0.2, 0.25) is 0 Å². The zero-order chi connectivity index (χ0) is 6.57. The summed E-state index contributed by atoms with van der Waals surface area (Å²) in [6.45, 7) is 1.90. The lowest BCUT2D eigenvalue weighted by Gasteiger charge is -1.96. The van der Waals surface area contributed by atoms with Gasteiger partial charge in [-0.3, -0.25) is 5.41 Å². The van der Waals surface area contributed by atoms with Crippen LogP contribution in [0.4, 0.5) is 0 Å². The van der Waals surface area contributed by atoms with E-state index in [2.05, 4.69) is 0 Å². The van der Waals surface area contributed by atoms with Crippen LogP contribution in [0.15, 0.2) is 11.8 Å². The smallest absolute Gasteiger partial charge is 0.120 e. The third-order valence-electron chi connectivity index (χ3n) is 0.928. The van der Waals surface area contributed by atoms with E-state index in [0.717, 1.165) is 6.42 Å². The molecule has 0 radical (unpaired) electrons. The highest BCUT2D eigenvalue weighted by molar-refractivity contribution is 5.94. The van der Waals surface area contributed by atoms with Crippen LogP contribution in [-0.4, -0.2) is 5.84 Å². The van der Waals surface area contributed by atoms with Gasteiger partial charge in [-0.15, -0.1) is 0 Å². The molecule has 8 heavy (non-hydrogen) atoms. The summed E-state index contributed by atoms with van der Waals surface area (Å²) in [6.07, 6.45) is 2.09. The lowest BCUT2D eigenvalue weighted by Crippen LogP contribution is -2.13. The summed E-state index contributed by atoms with van der Waals surface area (Å²) in [5.41, 5.74) is 10.9. The van der Waals surface area contributed by atoms with E-state index >= 15 is 0 Å². The second-order valence-electron chi connectivity index (χ2n) is 1.46. The Labute approximate surface area is 48.9 Å². The van der Waals surface area contributed by atoms with Crippen LogP contribution in [0.25, 0.3) is 0 Å².